The summed E-state index contributed by atoms with van der Waals surface area (Å²) in [5, 5.41) is 4.03. The van der Waals surface area contributed by atoms with Gasteiger partial charge in [-0.2, -0.15) is 5.10 Å². The summed E-state index contributed by atoms with van der Waals surface area (Å²) in [6.45, 7) is 2.36. The van der Waals surface area contributed by atoms with Crippen molar-refractivity contribution in [1.29, 1.82) is 0 Å². The highest BCUT2D eigenvalue weighted by molar-refractivity contribution is 7.89. The normalized spacial score (nSPS) is 12.2. The first-order chi connectivity index (χ1) is 18.4. The number of ether oxygens (including phenoxy) is 1. The summed E-state index contributed by atoms with van der Waals surface area (Å²) in [6, 6.07) is 32.0. The van der Waals surface area contributed by atoms with E-state index in [0.29, 0.717) is 12.2 Å². The van der Waals surface area contributed by atoms with Gasteiger partial charge in [-0.3, -0.25) is 4.79 Å². The van der Waals surface area contributed by atoms with Crippen LogP contribution in [0, 0.1) is 6.92 Å². The van der Waals surface area contributed by atoms with Crippen LogP contribution in [0.15, 0.2) is 119 Å². The Bertz CT molecular complexity index is 1460. The van der Waals surface area contributed by atoms with Crippen molar-refractivity contribution in [3.05, 3.63) is 131 Å². The lowest BCUT2D eigenvalue weighted by molar-refractivity contribution is -0.121. The zero-order valence-corrected chi connectivity index (χ0v) is 21.8. The molecule has 0 spiro atoms. The molecule has 1 amide bonds. The summed E-state index contributed by atoms with van der Waals surface area (Å²) in [4.78, 5) is 12.8. The number of carbonyl (C=O) groups excluding carboxylic acids is 1. The van der Waals surface area contributed by atoms with E-state index in [0.717, 1.165) is 22.4 Å². The minimum Gasteiger partial charge on any atom is -0.489 e. The Kier molecular flexibility index (Phi) is 9.02. The Balaban J connectivity index is 1.35. The van der Waals surface area contributed by atoms with Gasteiger partial charge in [-0.25, -0.2) is 18.6 Å². The van der Waals surface area contributed by atoms with Gasteiger partial charge in [-0.05, 0) is 60.0 Å². The van der Waals surface area contributed by atoms with Crippen molar-refractivity contribution >= 4 is 22.1 Å². The average molecular weight is 528 g/mol. The number of nitrogens with zero attached hydrogens (tertiary/aromatic N) is 1. The smallest absolute Gasteiger partial charge is 0.242 e. The van der Waals surface area contributed by atoms with E-state index in [1.807, 2.05) is 67.6 Å². The van der Waals surface area contributed by atoms with Gasteiger partial charge < -0.3 is 4.74 Å². The summed E-state index contributed by atoms with van der Waals surface area (Å²) in [5.41, 5.74) is 5.97. The van der Waals surface area contributed by atoms with Crippen molar-refractivity contribution < 1.29 is 17.9 Å². The van der Waals surface area contributed by atoms with Crippen LogP contribution in [0.1, 0.15) is 34.7 Å². The first-order valence-electron chi connectivity index (χ1n) is 12.1. The van der Waals surface area contributed by atoms with Crippen LogP contribution in [0.2, 0.25) is 0 Å². The molecule has 0 bridgehead atoms. The molecule has 0 heterocycles. The molecule has 38 heavy (non-hydrogen) atoms. The Morgan fingerprint density at radius 3 is 2.16 bits per heavy atom. The van der Waals surface area contributed by atoms with E-state index in [-0.39, 0.29) is 11.3 Å². The van der Waals surface area contributed by atoms with Crippen LogP contribution < -0.4 is 14.9 Å². The standard InChI is InChI=1S/C30H29N3O4S/c1-23-12-18-28(19-13-23)38(35,36)33-29(26-10-6-3-7-11-26)20-30(34)32-31-21-24-14-16-27(17-15-24)37-22-25-8-4-2-5-9-25/h2-19,21,29,33H,20,22H2,1H3,(H,32,34)/b31-21-/t29-/m0/s1. The zero-order valence-electron chi connectivity index (χ0n) is 20.9. The fraction of sp³-hybridized carbons (Fsp3) is 0.133. The molecular weight excluding hydrogens is 498 g/mol. The molecule has 1 atom stereocenters. The Morgan fingerprint density at radius 2 is 1.50 bits per heavy atom. The number of carbonyl (C=O) groups is 1. The number of hydrogen-bond donors (Lipinski definition) is 2. The second-order valence-electron chi connectivity index (χ2n) is 8.74. The van der Waals surface area contributed by atoms with Gasteiger partial charge in [0.05, 0.1) is 17.2 Å². The van der Waals surface area contributed by atoms with E-state index in [1.165, 1.54) is 6.21 Å². The molecule has 7 nitrogen and oxygen atoms in total. The van der Waals surface area contributed by atoms with Crippen molar-refractivity contribution in [3.63, 3.8) is 0 Å². The van der Waals surface area contributed by atoms with Gasteiger partial charge in [0.25, 0.3) is 0 Å². The quantitative estimate of drug-likeness (QED) is 0.209. The maximum absolute atomic E-state index is 13.0. The van der Waals surface area contributed by atoms with Gasteiger partial charge in [0.1, 0.15) is 12.4 Å². The lowest BCUT2D eigenvalue weighted by atomic mass is 10.0. The number of benzene rings is 4. The Morgan fingerprint density at radius 1 is 0.868 bits per heavy atom. The fourth-order valence-corrected chi connectivity index (χ4v) is 4.91. The maximum atomic E-state index is 13.0. The molecule has 8 heteroatoms. The third-order valence-electron chi connectivity index (χ3n) is 5.75. The second kappa shape index (κ2) is 12.8. The third kappa shape index (κ3) is 7.86. The molecule has 0 saturated carbocycles. The summed E-state index contributed by atoms with van der Waals surface area (Å²) in [5.74, 6) is 0.297. The summed E-state index contributed by atoms with van der Waals surface area (Å²) < 4.78 is 34.4. The molecule has 194 valence electrons. The van der Waals surface area contributed by atoms with Crippen LogP contribution in [0.3, 0.4) is 0 Å². The van der Waals surface area contributed by atoms with Crippen molar-refractivity contribution in [2.75, 3.05) is 0 Å². The van der Waals surface area contributed by atoms with E-state index in [9.17, 15) is 13.2 Å². The van der Waals surface area contributed by atoms with Crippen molar-refractivity contribution in [3.8, 4) is 5.75 Å². The molecule has 2 N–H and O–H groups in total. The van der Waals surface area contributed by atoms with E-state index in [1.54, 1.807) is 48.5 Å². The molecule has 0 aromatic heterocycles. The number of aryl methyl sites for hydroxylation is 1. The van der Waals surface area contributed by atoms with Gasteiger partial charge in [0.15, 0.2) is 0 Å². The van der Waals surface area contributed by atoms with Crippen molar-refractivity contribution in [2.45, 2.75) is 30.9 Å². The minimum absolute atomic E-state index is 0.126. The lowest BCUT2D eigenvalue weighted by Crippen LogP contribution is -2.32. The van der Waals surface area contributed by atoms with Gasteiger partial charge in [0.2, 0.25) is 15.9 Å². The first-order valence-corrected chi connectivity index (χ1v) is 13.6. The third-order valence-corrected chi connectivity index (χ3v) is 7.24. The number of amides is 1. The molecule has 4 aromatic rings. The predicted molar refractivity (Wildman–Crippen MR) is 148 cm³/mol. The van der Waals surface area contributed by atoms with E-state index >= 15 is 0 Å². The summed E-state index contributed by atoms with van der Waals surface area (Å²) in [7, 11) is -3.84. The number of nitrogens with one attached hydrogen (secondary N) is 2. The number of hydrogen-bond acceptors (Lipinski definition) is 5. The van der Waals surface area contributed by atoms with Crippen LogP contribution >= 0.6 is 0 Å². The molecule has 0 saturated heterocycles. The molecule has 0 aliphatic carbocycles. The van der Waals surface area contributed by atoms with Crippen LogP contribution in [-0.2, 0) is 21.4 Å². The highest BCUT2D eigenvalue weighted by Crippen LogP contribution is 2.21. The van der Waals surface area contributed by atoms with Crippen LogP contribution in [-0.4, -0.2) is 20.5 Å². The minimum atomic E-state index is -3.84. The largest absolute Gasteiger partial charge is 0.489 e. The SMILES string of the molecule is Cc1ccc(S(=O)(=O)N[C@@H](CC(=O)N/N=C\c2ccc(OCc3ccccc3)cc2)c2ccccc2)cc1. The van der Waals surface area contributed by atoms with Crippen LogP contribution in [0.5, 0.6) is 5.75 Å². The highest BCUT2D eigenvalue weighted by atomic mass is 32.2. The Labute approximate surface area is 223 Å². The highest BCUT2D eigenvalue weighted by Gasteiger charge is 2.23. The molecule has 4 rings (SSSR count). The first kappa shape index (κ1) is 26.8. The van der Waals surface area contributed by atoms with Crippen molar-refractivity contribution in [1.82, 2.24) is 10.1 Å². The topological polar surface area (TPSA) is 96.9 Å². The Hall–Kier alpha value is -4.27. The summed E-state index contributed by atoms with van der Waals surface area (Å²) in [6.07, 6.45) is 1.39. The van der Waals surface area contributed by atoms with Crippen molar-refractivity contribution in [2.24, 2.45) is 5.10 Å². The monoisotopic (exact) mass is 527 g/mol. The van der Waals surface area contributed by atoms with Gasteiger partial charge in [0, 0.05) is 6.42 Å². The molecule has 0 aliphatic rings. The van der Waals surface area contributed by atoms with Crippen LogP contribution in [0.25, 0.3) is 0 Å². The van der Waals surface area contributed by atoms with Gasteiger partial charge in [-0.15, -0.1) is 0 Å². The fourth-order valence-electron chi connectivity index (χ4n) is 3.69. The number of rotatable bonds is 11. The second-order valence-corrected chi connectivity index (χ2v) is 10.5. The number of hydrazone groups is 1. The van der Waals surface area contributed by atoms with E-state index in [2.05, 4.69) is 15.2 Å². The lowest BCUT2D eigenvalue weighted by Gasteiger charge is -2.18. The van der Waals surface area contributed by atoms with Gasteiger partial charge in [-0.1, -0.05) is 78.4 Å². The summed E-state index contributed by atoms with van der Waals surface area (Å²) >= 11 is 0. The van der Waals surface area contributed by atoms with Gasteiger partial charge >= 0.3 is 0 Å². The average Bonchev–Trinajstić information content (AvgIpc) is 2.93. The predicted octanol–water partition coefficient (Wildman–Crippen LogP) is 5.13. The van der Waals surface area contributed by atoms with E-state index in [4.69, 9.17) is 4.74 Å². The molecule has 4 aromatic carbocycles. The molecule has 0 radical (unpaired) electrons. The molecule has 0 unspecified atom stereocenters. The zero-order chi connectivity index (χ0) is 26.8. The molecule has 0 fully saturated rings. The van der Waals surface area contributed by atoms with E-state index < -0.39 is 22.0 Å². The molecule has 0 aliphatic heterocycles. The molecular formula is C30H29N3O4S. The van der Waals surface area contributed by atoms with Crippen LogP contribution in [0.4, 0.5) is 0 Å². The maximum Gasteiger partial charge on any atom is 0.242 e. The number of sulfonamides is 1.